The van der Waals surface area contributed by atoms with Crippen molar-refractivity contribution in [3.05, 3.63) is 39.0 Å². The minimum Gasteiger partial charge on any atom is -0.495 e. The maximum absolute atomic E-state index is 12.5. The van der Waals surface area contributed by atoms with Crippen molar-refractivity contribution < 1.29 is 13.2 Å². The summed E-state index contributed by atoms with van der Waals surface area (Å²) in [6.07, 6.45) is 0. The Hall–Kier alpha value is -1.09. The lowest BCUT2D eigenvalue weighted by atomic mass is 10.3. The summed E-state index contributed by atoms with van der Waals surface area (Å²) in [5.41, 5.74) is 7.00. The molecule has 0 aliphatic rings. The third kappa shape index (κ3) is 3.57. The number of thiophene rings is 1. The third-order valence-electron chi connectivity index (χ3n) is 2.94. The van der Waals surface area contributed by atoms with Crippen LogP contribution in [0.4, 0.5) is 5.69 Å². The highest BCUT2D eigenvalue weighted by Gasteiger charge is 2.22. The van der Waals surface area contributed by atoms with Crippen molar-refractivity contribution in [3.8, 4) is 5.75 Å². The highest BCUT2D eigenvalue weighted by atomic mass is 79.9. The molecule has 0 fully saturated rings. The van der Waals surface area contributed by atoms with Crippen LogP contribution in [-0.2, 0) is 16.6 Å². The number of nitrogens with two attached hydrogens (primary N) is 1. The predicted octanol–water partition coefficient (Wildman–Crippen LogP) is 2.92. The van der Waals surface area contributed by atoms with Crippen molar-refractivity contribution in [2.75, 3.05) is 19.9 Å². The van der Waals surface area contributed by atoms with Gasteiger partial charge in [0, 0.05) is 13.6 Å². The topological polar surface area (TPSA) is 72.6 Å². The molecule has 0 aliphatic carbocycles. The predicted molar refractivity (Wildman–Crippen MR) is 88.1 cm³/mol. The van der Waals surface area contributed by atoms with Crippen molar-refractivity contribution in [2.24, 2.45) is 0 Å². The fourth-order valence-electron chi connectivity index (χ4n) is 1.82. The number of halogens is 1. The molecule has 1 aromatic carbocycles. The lowest BCUT2D eigenvalue weighted by Gasteiger charge is -2.17. The lowest BCUT2D eigenvalue weighted by Crippen LogP contribution is -2.26. The van der Waals surface area contributed by atoms with Crippen LogP contribution in [0, 0.1) is 0 Å². The number of nitrogen functional groups attached to an aromatic ring is 1. The Kier molecular flexibility index (Phi) is 4.92. The molecule has 0 radical (unpaired) electrons. The van der Waals surface area contributed by atoms with Gasteiger partial charge in [-0.25, -0.2) is 8.42 Å². The maximum Gasteiger partial charge on any atom is 0.243 e. The van der Waals surface area contributed by atoms with Gasteiger partial charge in [0.05, 0.1) is 21.5 Å². The first kappa shape index (κ1) is 16.3. The maximum atomic E-state index is 12.5. The quantitative estimate of drug-likeness (QED) is 0.796. The van der Waals surface area contributed by atoms with Gasteiger partial charge in [0.1, 0.15) is 5.75 Å². The van der Waals surface area contributed by atoms with E-state index in [0.29, 0.717) is 18.0 Å². The van der Waals surface area contributed by atoms with Crippen LogP contribution in [0.2, 0.25) is 0 Å². The molecule has 5 nitrogen and oxygen atoms in total. The van der Waals surface area contributed by atoms with Gasteiger partial charge in [-0.1, -0.05) is 0 Å². The van der Waals surface area contributed by atoms with E-state index in [-0.39, 0.29) is 4.90 Å². The van der Waals surface area contributed by atoms with E-state index in [9.17, 15) is 8.42 Å². The summed E-state index contributed by atoms with van der Waals surface area (Å²) in [7, 11) is -0.559. The van der Waals surface area contributed by atoms with Crippen molar-refractivity contribution in [1.29, 1.82) is 0 Å². The molecular formula is C13H15BrN2O3S2. The number of hydrogen-bond donors (Lipinski definition) is 1. The molecular weight excluding hydrogens is 376 g/mol. The van der Waals surface area contributed by atoms with E-state index >= 15 is 0 Å². The van der Waals surface area contributed by atoms with Crippen LogP contribution in [0.5, 0.6) is 5.75 Å². The average molecular weight is 391 g/mol. The first-order valence-electron chi connectivity index (χ1n) is 5.97. The zero-order valence-electron chi connectivity index (χ0n) is 11.5. The van der Waals surface area contributed by atoms with E-state index in [1.807, 2.05) is 11.4 Å². The number of methoxy groups -OCH3 is 1. The summed E-state index contributed by atoms with van der Waals surface area (Å²) >= 11 is 4.88. The molecule has 0 saturated carbocycles. The van der Waals surface area contributed by atoms with Crippen molar-refractivity contribution in [3.63, 3.8) is 0 Å². The molecule has 2 aromatic rings. The van der Waals surface area contributed by atoms with E-state index < -0.39 is 10.0 Å². The zero-order valence-corrected chi connectivity index (χ0v) is 14.8. The summed E-state index contributed by atoms with van der Waals surface area (Å²) in [4.78, 5) is 0.151. The molecule has 2 rings (SSSR count). The Labute approximate surface area is 136 Å². The van der Waals surface area contributed by atoms with E-state index in [0.717, 1.165) is 9.35 Å². The number of benzene rings is 1. The van der Waals surface area contributed by atoms with Crippen molar-refractivity contribution in [1.82, 2.24) is 4.31 Å². The van der Waals surface area contributed by atoms with E-state index in [1.54, 1.807) is 13.1 Å². The van der Waals surface area contributed by atoms with E-state index in [2.05, 4.69) is 15.9 Å². The number of anilines is 1. The van der Waals surface area contributed by atoms with Gasteiger partial charge in [-0.2, -0.15) is 4.31 Å². The first-order valence-corrected chi connectivity index (χ1v) is 9.08. The molecule has 0 saturated heterocycles. The summed E-state index contributed by atoms with van der Waals surface area (Å²) < 4.78 is 32.3. The Morgan fingerprint density at radius 2 is 2.10 bits per heavy atom. The molecule has 21 heavy (non-hydrogen) atoms. The molecule has 1 heterocycles. The number of ether oxygens (including phenoxy) is 1. The third-order valence-corrected chi connectivity index (χ3v) is 6.29. The van der Waals surface area contributed by atoms with Gasteiger partial charge in [0.2, 0.25) is 10.0 Å². The Morgan fingerprint density at radius 3 is 2.62 bits per heavy atom. The second-order valence-corrected chi connectivity index (χ2v) is 8.76. The molecule has 0 aliphatic heterocycles. The van der Waals surface area contributed by atoms with Crippen LogP contribution >= 0.6 is 27.3 Å². The molecule has 114 valence electrons. The van der Waals surface area contributed by atoms with Crippen LogP contribution < -0.4 is 10.5 Å². The molecule has 1 aromatic heterocycles. The van der Waals surface area contributed by atoms with Crippen LogP contribution in [0.3, 0.4) is 0 Å². The highest BCUT2D eigenvalue weighted by molar-refractivity contribution is 9.11. The van der Waals surface area contributed by atoms with Gasteiger partial charge in [-0.15, -0.1) is 11.3 Å². The van der Waals surface area contributed by atoms with E-state index in [1.165, 1.54) is 34.9 Å². The summed E-state index contributed by atoms with van der Waals surface area (Å²) in [5.74, 6) is 0.457. The number of nitrogens with zero attached hydrogens (tertiary/aromatic N) is 1. The second-order valence-electron chi connectivity index (χ2n) is 4.42. The fourth-order valence-corrected chi connectivity index (χ4v) is 4.22. The molecule has 0 spiro atoms. The summed E-state index contributed by atoms with van der Waals surface area (Å²) in [6.45, 7) is 0.302. The molecule has 0 atom stereocenters. The molecule has 8 heteroatoms. The van der Waals surface area contributed by atoms with Crippen LogP contribution in [0.1, 0.15) is 5.56 Å². The summed E-state index contributed by atoms with van der Waals surface area (Å²) in [5, 5.41) is 1.92. The van der Waals surface area contributed by atoms with Gasteiger partial charge in [-0.05, 0) is 51.1 Å². The monoisotopic (exact) mass is 390 g/mol. The van der Waals surface area contributed by atoms with E-state index in [4.69, 9.17) is 10.5 Å². The normalized spacial score (nSPS) is 11.8. The van der Waals surface area contributed by atoms with Gasteiger partial charge in [0.25, 0.3) is 0 Å². The fraction of sp³-hybridized carbons (Fsp3) is 0.231. The zero-order chi connectivity index (χ0) is 15.6. The molecule has 0 amide bonds. The average Bonchev–Trinajstić information content (AvgIpc) is 2.83. The standard InChI is InChI=1S/C13H15BrN2O3S2/c1-16(7-9-5-13(14)20-8-9)21(17,18)10-3-4-12(19-2)11(15)6-10/h3-6,8H,7,15H2,1-2H3. The molecule has 2 N–H and O–H groups in total. The minimum absolute atomic E-state index is 0.151. The minimum atomic E-state index is -3.59. The number of sulfonamides is 1. The second kappa shape index (κ2) is 6.35. The lowest BCUT2D eigenvalue weighted by molar-refractivity contribution is 0.416. The number of rotatable bonds is 5. The summed E-state index contributed by atoms with van der Waals surface area (Å²) in [6, 6.07) is 6.36. The van der Waals surface area contributed by atoms with Crippen LogP contribution in [0.25, 0.3) is 0 Å². The Morgan fingerprint density at radius 1 is 1.38 bits per heavy atom. The SMILES string of the molecule is COc1ccc(S(=O)(=O)N(C)Cc2csc(Br)c2)cc1N. The molecule has 0 bridgehead atoms. The van der Waals surface area contributed by atoms with Gasteiger partial charge < -0.3 is 10.5 Å². The number of hydrogen-bond acceptors (Lipinski definition) is 5. The van der Waals surface area contributed by atoms with Crippen molar-refractivity contribution >= 4 is 43.0 Å². The van der Waals surface area contributed by atoms with Crippen molar-refractivity contribution in [2.45, 2.75) is 11.4 Å². The van der Waals surface area contributed by atoms with Gasteiger partial charge >= 0.3 is 0 Å². The van der Waals surface area contributed by atoms with Crippen LogP contribution in [-0.4, -0.2) is 26.9 Å². The Bertz CT molecular complexity index is 744. The largest absolute Gasteiger partial charge is 0.495 e. The smallest absolute Gasteiger partial charge is 0.243 e. The molecule has 0 unspecified atom stereocenters. The van der Waals surface area contributed by atoms with Crippen LogP contribution in [0.15, 0.2) is 38.3 Å². The van der Waals surface area contributed by atoms with Gasteiger partial charge in [0.15, 0.2) is 0 Å². The van der Waals surface area contributed by atoms with Gasteiger partial charge in [-0.3, -0.25) is 0 Å². The first-order chi connectivity index (χ1) is 9.84. The highest BCUT2D eigenvalue weighted by Crippen LogP contribution is 2.27. The Balaban J connectivity index is 2.26.